The predicted octanol–water partition coefficient (Wildman–Crippen LogP) is 3.26. The summed E-state index contributed by atoms with van der Waals surface area (Å²) in [6.07, 6.45) is 0.636. The zero-order valence-corrected chi connectivity index (χ0v) is 15.9. The quantitative estimate of drug-likeness (QED) is 0.818. The maximum absolute atomic E-state index is 14.6. The lowest BCUT2D eigenvalue weighted by atomic mass is 10.0. The van der Waals surface area contributed by atoms with Gasteiger partial charge in [-0.15, -0.1) is 0 Å². The normalized spacial score (nSPS) is 18.6. The first-order valence-corrected chi connectivity index (χ1v) is 9.87. The van der Waals surface area contributed by atoms with Gasteiger partial charge in [-0.1, -0.05) is 29.8 Å². The molecule has 2 aromatic carbocycles. The molecule has 0 bridgehead atoms. The third-order valence-electron chi connectivity index (χ3n) is 4.84. The van der Waals surface area contributed by atoms with Crippen LogP contribution in [0.2, 0.25) is 0 Å². The average Bonchev–Trinajstić information content (AvgIpc) is 3.05. The summed E-state index contributed by atoms with van der Waals surface area (Å²) in [7, 11) is -0.497. The Morgan fingerprint density at radius 2 is 1.62 bits per heavy atom. The monoisotopic (exact) mass is 380 g/mol. The molecule has 3 rings (SSSR count). The number of aryl methyl sites for hydroxylation is 1. The molecule has 1 fully saturated rings. The summed E-state index contributed by atoms with van der Waals surface area (Å²) in [5.74, 6) is -2.12. The summed E-state index contributed by atoms with van der Waals surface area (Å²) in [5, 5.41) is 0. The molecular formula is C19H22F2N2O2S. The number of likely N-dealkylation sites (N-methyl/N-ethyl adjacent to an activating group) is 1. The van der Waals surface area contributed by atoms with Crippen LogP contribution < -0.4 is 0 Å². The lowest BCUT2D eigenvalue weighted by Crippen LogP contribution is -2.35. The molecule has 7 heteroatoms. The minimum atomic E-state index is -4.22. The Balaban J connectivity index is 1.97. The molecule has 0 unspecified atom stereocenters. The van der Waals surface area contributed by atoms with E-state index >= 15 is 0 Å². The number of rotatable bonds is 4. The zero-order chi connectivity index (χ0) is 19.1. The van der Waals surface area contributed by atoms with Crippen molar-refractivity contribution in [2.24, 2.45) is 0 Å². The maximum atomic E-state index is 14.6. The Kier molecular flexibility index (Phi) is 5.14. The summed E-state index contributed by atoms with van der Waals surface area (Å²) in [6, 6.07) is 9.38. The first-order chi connectivity index (χ1) is 12.2. The number of hydrogen-bond acceptors (Lipinski definition) is 3. The van der Waals surface area contributed by atoms with Crippen molar-refractivity contribution in [2.45, 2.75) is 24.3 Å². The maximum Gasteiger partial charge on any atom is 0.248 e. The predicted molar refractivity (Wildman–Crippen MR) is 97.4 cm³/mol. The highest BCUT2D eigenvalue weighted by atomic mass is 32.2. The molecule has 1 aliphatic heterocycles. The van der Waals surface area contributed by atoms with E-state index in [0.717, 1.165) is 22.0 Å². The standard InChI is InChI=1S/C19H22F2N2O2S/c1-13-4-6-14(7-5-13)15-10-17(20)19(18(21)11-15)26(24,25)23-9-8-16(12-23)22(2)3/h4-7,10-11,16H,8-9,12H2,1-3H3/t16-/m1/s1. The molecule has 0 N–H and O–H groups in total. The van der Waals surface area contributed by atoms with Crippen LogP contribution in [-0.4, -0.2) is 50.8 Å². The van der Waals surface area contributed by atoms with Crippen molar-refractivity contribution in [3.05, 3.63) is 53.6 Å². The molecule has 0 radical (unpaired) electrons. The first kappa shape index (κ1) is 18.9. The molecular weight excluding hydrogens is 358 g/mol. The second kappa shape index (κ2) is 7.06. The van der Waals surface area contributed by atoms with Gasteiger partial charge < -0.3 is 4.90 Å². The summed E-state index contributed by atoms with van der Waals surface area (Å²) < 4.78 is 55.9. The molecule has 26 heavy (non-hydrogen) atoms. The molecule has 140 valence electrons. The van der Waals surface area contributed by atoms with Gasteiger partial charge >= 0.3 is 0 Å². The van der Waals surface area contributed by atoms with Gasteiger partial charge in [-0.2, -0.15) is 4.31 Å². The SMILES string of the molecule is Cc1ccc(-c2cc(F)c(S(=O)(=O)N3CC[C@@H](N(C)C)C3)c(F)c2)cc1. The highest BCUT2D eigenvalue weighted by Gasteiger charge is 2.37. The Morgan fingerprint density at radius 3 is 2.12 bits per heavy atom. The third-order valence-corrected chi connectivity index (χ3v) is 6.75. The summed E-state index contributed by atoms with van der Waals surface area (Å²) in [4.78, 5) is 1.05. The van der Waals surface area contributed by atoms with Crippen LogP contribution in [0.5, 0.6) is 0 Å². The summed E-state index contributed by atoms with van der Waals surface area (Å²) >= 11 is 0. The molecule has 0 amide bonds. The third kappa shape index (κ3) is 3.51. The minimum absolute atomic E-state index is 0.0442. The Hall–Kier alpha value is -1.83. The van der Waals surface area contributed by atoms with E-state index in [1.807, 2.05) is 38.1 Å². The van der Waals surface area contributed by atoms with Crippen molar-refractivity contribution in [1.29, 1.82) is 0 Å². The Bertz CT molecular complexity index is 889. The molecule has 1 heterocycles. The average molecular weight is 380 g/mol. The molecule has 4 nitrogen and oxygen atoms in total. The van der Waals surface area contributed by atoms with E-state index in [-0.39, 0.29) is 19.1 Å². The van der Waals surface area contributed by atoms with Crippen LogP contribution in [0, 0.1) is 18.6 Å². The molecule has 1 atom stereocenters. The van der Waals surface area contributed by atoms with Crippen LogP contribution in [0.1, 0.15) is 12.0 Å². The Labute approximate surface area is 153 Å². The lowest BCUT2D eigenvalue weighted by Gasteiger charge is -2.21. The van der Waals surface area contributed by atoms with Gasteiger partial charge in [0.2, 0.25) is 10.0 Å². The summed E-state index contributed by atoms with van der Waals surface area (Å²) in [6.45, 7) is 2.40. The van der Waals surface area contributed by atoms with Gasteiger partial charge in [-0.3, -0.25) is 0 Å². The van der Waals surface area contributed by atoms with Gasteiger partial charge in [0.15, 0.2) is 4.90 Å². The number of hydrogen-bond donors (Lipinski definition) is 0. The lowest BCUT2D eigenvalue weighted by molar-refractivity contribution is 0.302. The van der Waals surface area contributed by atoms with Crippen LogP contribution in [0.3, 0.4) is 0 Å². The smallest absolute Gasteiger partial charge is 0.248 e. The van der Waals surface area contributed by atoms with Gasteiger partial charge in [0, 0.05) is 19.1 Å². The van der Waals surface area contributed by atoms with Gasteiger partial charge in [-0.25, -0.2) is 17.2 Å². The van der Waals surface area contributed by atoms with Crippen LogP contribution in [-0.2, 0) is 10.0 Å². The Morgan fingerprint density at radius 1 is 1.04 bits per heavy atom. The van der Waals surface area contributed by atoms with Crippen molar-refractivity contribution in [1.82, 2.24) is 9.21 Å². The van der Waals surface area contributed by atoms with Gasteiger partial charge in [0.1, 0.15) is 11.6 Å². The number of sulfonamides is 1. The van der Waals surface area contributed by atoms with E-state index in [1.165, 1.54) is 0 Å². The van der Waals surface area contributed by atoms with Crippen LogP contribution in [0.15, 0.2) is 41.3 Å². The van der Waals surface area contributed by atoms with Gasteiger partial charge in [0.05, 0.1) is 0 Å². The van der Waals surface area contributed by atoms with Crippen molar-refractivity contribution >= 4 is 10.0 Å². The molecule has 2 aromatic rings. The minimum Gasteiger partial charge on any atom is -0.305 e. The van der Waals surface area contributed by atoms with E-state index in [4.69, 9.17) is 0 Å². The first-order valence-electron chi connectivity index (χ1n) is 8.43. The van der Waals surface area contributed by atoms with Crippen LogP contribution in [0.4, 0.5) is 8.78 Å². The fourth-order valence-electron chi connectivity index (χ4n) is 3.20. The molecule has 0 spiro atoms. The molecule has 0 saturated carbocycles. The van der Waals surface area contributed by atoms with E-state index in [1.54, 1.807) is 12.1 Å². The van der Waals surface area contributed by atoms with E-state index in [2.05, 4.69) is 0 Å². The van der Waals surface area contributed by atoms with Crippen molar-refractivity contribution in [3.8, 4) is 11.1 Å². The van der Waals surface area contributed by atoms with Crippen molar-refractivity contribution in [2.75, 3.05) is 27.2 Å². The summed E-state index contributed by atoms with van der Waals surface area (Å²) in [5.41, 5.74) is 1.97. The molecule has 1 aliphatic rings. The second-order valence-electron chi connectivity index (χ2n) is 6.90. The zero-order valence-electron chi connectivity index (χ0n) is 15.0. The molecule has 0 aromatic heterocycles. The second-order valence-corrected chi connectivity index (χ2v) is 8.78. The van der Waals surface area contributed by atoms with E-state index in [0.29, 0.717) is 17.5 Å². The fourth-order valence-corrected chi connectivity index (χ4v) is 4.78. The molecule has 1 saturated heterocycles. The number of benzene rings is 2. The van der Waals surface area contributed by atoms with Crippen LogP contribution >= 0.6 is 0 Å². The highest BCUT2D eigenvalue weighted by molar-refractivity contribution is 7.89. The topological polar surface area (TPSA) is 40.6 Å². The van der Waals surface area contributed by atoms with Gasteiger partial charge in [0.25, 0.3) is 0 Å². The van der Waals surface area contributed by atoms with Crippen molar-refractivity contribution in [3.63, 3.8) is 0 Å². The largest absolute Gasteiger partial charge is 0.305 e. The fraction of sp³-hybridized carbons (Fsp3) is 0.368. The van der Waals surface area contributed by atoms with E-state index < -0.39 is 26.6 Å². The van der Waals surface area contributed by atoms with Crippen molar-refractivity contribution < 1.29 is 17.2 Å². The number of nitrogens with zero attached hydrogens (tertiary/aromatic N) is 2. The van der Waals surface area contributed by atoms with Crippen LogP contribution in [0.25, 0.3) is 11.1 Å². The molecule has 0 aliphatic carbocycles. The number of halogens is 2. The highest BCUT2D eigenvalue weighted by Crippen LogP contribution is 2.31. The van der Waals surface area contributed by atoms with E-state index in [9.17, 15) is 17.2 Å². The van der Waals surface area contributed by atoms with Gasteiger partial charge in [-0.05, 0) is 50.7 Å².